The van der Waals surface area contributed by atoms with Crippen molar-refractivity contribution in [2.75, 3.05) is 13.1 Å². The number of likely N-dealkylation sites (tertiary alicyclic amines) is 2. The standard InChI is InChI=1S/C17H23N5/c1-20-11-15(10-19-20)13-22-9-5-16-17(22)4-8-21(16)12-14-2-6-18-7-3-14/h2-3,6-7,10-11,16-17H,4-5,8-9,12-13H2,1H3/t16-,17+/m1/s1. The van der Waals surface area contributed by atoms with Crippen LogP contribution in [0.2, 0.25) is 0 Å². The number of aryl methyl sites for hydroxylation is 1. The lowest BCUT2D eigenvalue weighted by Crippen LogP contribution is -2.35. The molecule has 2 aromatic heterocycles. The molecule has 2 aliphatic rings. The Kier molecular flexibility index (Phi) is 3.68. The molecule has 0 spiro atoms. The van der Waals surface area contributed by atoms with Crippen LogP contribution in [0.15, 0.2) is 36.9 Å². The zero-order valence-electron chi connectivity index (χ0n) is 13.1. The van der Waals surface area contributed by atoms with Crippen LogP contribution in [0.4, 0.5) is 0 Å². The molecule has 116 valence electrons. The number of fused-ring (bicyclic) bond motifs is 1. The number of hydrogen-bond donors (Lipinski definition) is 0. The largest absolute Gasteiger partial charge is 0.294 e. The Hall–Kier alpha value is -1.72. The summed E-state index contributed by atoms with van der Waals surface area (Å²) < 4.78 is 1.90. The molecule has 0 aromatic carbocycles. The van der Waals surface area contributed by atoms with Crippen LogP contribution >= 0.6 is 0 Å². The van der Waals surface area contributed by atoms with E-state index < -0.39 is 0 Å². The van der Waals surface area contributed by atoms with Gasteiger partial charge in [-0.25, -0.2) is 0 Å². The summed E-state index contributed by atoms with van der Waals surface area (Å²) in [6.45, 7) is 4.51. The van der Waals surface area contributed by atoms with Gasteiger partial charge < -0.3 is 0 Å². The van der Waals surface area contributed by atoms with Crippen LogP contribution in [0, 0.1) is 0 Å². The van der Waals surface area contributed by atoms with Gasteiger partial charge in [-0.05, 0) is 30.5 Å². The predicted molar refractivity (Wildman–Crippen MR) is 85.1 cm³/mol. The summed E-state index contributed by atoms with van der Waals surface area (Å²) in [7, 11) is 1.99. The third-order valence-electron chi connectivity index (χ3n) is 5.09. The molecule has 2 aromatic rings. The third kappa shape index (κ3) is 2.66. The molecule has 2 atom stereocenters. The first-order valence-electron chi connectivity index (χ1n) is 8.14. The Morgan fingerprint density at radius 1 is 1.00 bits per heavy atom. The molecule has 0 bridgehead atoms. The summed E-state index contributed by atoms with van der Waals surface area (Å²) in [5.74, 6) is 0. The summed E-state index contributed by atoms with van der Waals surface area (Å²) >= 11 is 0. The first-order valence-corrected chi connectivity index (χ1v) is 8.14. The van der Waals surface area contributed by atoms with Crippen molar-refractivity contribution in [2.45, 2.75) is 38.0 Å². The zero-order valence-corrected chi connectivity index (χ0v) is 13.1. The van der Waals surface area contributed by atoms with E-state index in [-0.39, 0.29) is 0 Å². The van der Waals surface area contributed by atoms with E-state index in [1.165, 1.54) is 37.1 Å². The molecule has 2 saturated heterocycles. The van der Waals surface area contributed by atoms with Crippen LogP contribution in [-0.4, -0.2) is 49.7 Å². The second-order valence-electron chi connectivity index (χ2n) is 6.53. The molecule has 2 fully saturated rings. The van der Waals surface area contributed by atoms with Crippen molar-refractivity contribution in [3.63, 3.8) is 0 Å². The van der Waals surface area contributed by atoms with Crippen molar-refractivity contribution in [2.24, 2.45) is 7.05 Å². The summed E-state index contributed by atoms with van der Waals surface area (Å²) in [6, 6.07) is 5.69. The van der Waals surface area contributed by atoms with Gasteiger partial charge >= 0.3 is 0 Å². The van der Waals surface area contributed by atoms with Crippen LogP contribution < -0.4 is 0 Å². The molecule has 2 aliphatic heterocycles. The topological polar surface area (TPSA) is 37.2 Å². The van der Waals surface area contributed by atoms with Crippen molar-refractivity contribution in [1.82, 2.24) is 24.6 Å². The van der Waals surface area contributed by atoms with E-state index >= 15 is 0 Å². The molecular formula is C17H23N5. The van der Waals surface area contributed by atoms with Crippen LogP contribution in [0.1, 0.15) is 24.0 Å². The highest BCUT2D eigenvalue weighted by Gasteiger charge is 2.42. The monoisotopic (exact) mass is 297 g/mol. The lowest BCUT2D eigenvalue weighted by atomic mass is 10.1. The molecule has 5 nitrogen and oxygen atoms in total. The minimum absolute atomic E-state index is 0.710. The smallest absolute Gasteiger partial charge is 0.0534 e. The van der Waals surface area contributed by atoms with Crippen molar-refractivity contribution >= 4 is 0 Å². The van der Waals surface area contributed by atoms with E-state index in [0.717, 1.165) is 13.1 Å². The average molecular weight is 297 g/mol. The van der Waals surface area contributed by atoms with Crippen molar-refractivity contribution in [3.05, 3.63) is 48.0 Å². The maximum atomic E-state index is 4.29. The highest BCUT2D eigenvalue weighted by Crippen LogP contribution is 2.33. The number of aromatic nitrogens is 3. The van der Waals surface area contributed by atoms with Gasteiger partial charge in [0.2, 0.25) is 0 Å². The number of rotatable bonds is 4. The van der Waals surface area contributed by atoms with E-state index in [1.54, 1.807) is 0 Å². The van der Waals surface area contributed by atoms with E-state index in [0.29, 0.717) is 12.1 Å². The maximum Gasteiger partial charge on any atom is 0.0534 e. The molecule has 0 radical (unpaired) electrons. The van der Waals surface area contributed by atoms with Crippen molar-refractivity contribution in [3.8, 4) is 0 Å². The molecule has 5 heteroatoms. The maximum absolute atomic E-state index is 4.29. The predicted octanol–water partition coefficient (Wildman–Crippen LogP) is 1.66. The Bertz CT molecular complexity index is 623. The minimum atomic E-state index is 0.710. The highest BCUT2D eigenvalue weighted by molar-refractivity contribution is 5.12. The van der Waals surface area contributed by atoms with E-state index in [2.05, 4.69) is 38.2 Å². The van der Waals surface area contributed by atoms with Gasteiger partial charge in [-0.15, -0.1) is 0 Å². The van der Waals surface area contributed by atoms with Crippen LogP contribution in [0.25, 0.3) is 0 Å². The molecule has 0 amide bonds. The Morgan fingerprint density at radius 3 is 2.23 bits per heavy atom. The lowest BCUT2D eigenvalue weighted by Gasteiger charge is -2.25. The SMILES string of the molecule is Cn1cc(CN2CC[C@@H]3[C@@H]2CCN3Cc2ccncc2)cn1. The van der Waals surface area contributed by atoms with Gasteiger partial charge in [0, 0.05) is 69.5 Å². The van der Waals surface area contributed by atoms with Crippen molar-refractivity contribution < 1.29 is 0 Å². The quantitative estimate of drug-likeness (QED) is 0.860. The van der Waals surface area contributed by atoms with Gasteiger partial charge in [-0.1, -0.05) is 0 Å². The fourth-order valence-corrected chi connectivity index (χ4v) is 4.07. The second-order valence-corrected chi connectivity index (χ2v) is 6.53. The third-order valence-corrected chi connectivity index (χ3v) is 5.09. The van der Waals surface area contributed by atoms with Gasteiger partial charge in [-0.2, -0.15) is 5.10 Å². The van der Waals surface area contributed by atoms with Gasteiger partial charge in [-0.3, -0.25) is 19.5 Å². The van der Waals surface area contributed by atoms with Gasteiger partial charge in [0.05, 0.1) is 6.20 Å². The van der Waals surface area contributed by atoms with Crippen LogP contribution in [0.5, 0.6) is 0 Å². The normalized spacial score (nSPS) is 25.7. The van der Waals surface area contributed by atoms with Gasteiger partial charge in [0.25, 0.3) is 0 Å². The molecule has 4 heterocycles. The molecule has 4 rings (SSSR count). The first-order chi connectivity index (χ1) is 10.8. The summed E-state index contributed by atoms with van der Waals surface area (Å²) in [5, 5.41) is 4.29. The average Bonchev–Trinajstić information content (AvgIpc) is 3.21. The van der Waals surface area contributed by atoms with Gasteiger partial charge in [0.15, 0.2) is 0 Å². The Balaban J connectivity index is 1.41. The fraction of sp³-hybridized carbons (Fsp3) is 0.529. The molecule has 22 heavy (non-hydrogen) atoms. The molecule has 0 saturated carbocycles. The molecular weight excluding hydrogens is 274 g/mol. The van der Waals surface area contributed by atoms with Crippen LogP contribution in [0.3, 0.4) is 0 Å². The van der Waals surface area contributed by atoms with Gasteiger partial charge in [0.1, 0.15) is 0 Å². The molecule has 0 unspecified atom stereocenters. The van der Waals surface area contributed by atoms with E-state index in [1.807, 2.05) is 30.3 Å². The number of hydrogen-bond acceptors (Lipinski definition) is 4. The molecule has 0 N–H and O–H groups in total. The van der Waals surface area contributed by atoms with E-state index in [9.17, 15) is 0 Å². The lowest BCUT2D eigenvalue weighted by molar-refractivity contribution is 0.212. The first kappa shape index (κ1) is 13.9. The summed E-state index contributed by atoms with van der Waals surface area (Å²) in [6.07, 6.45) is 10.5. The summed E-state index contributed by atoms with van der Waals surface area (Å²) in [5.41, 5.74) is 2.71. The Labute approximate surface area is 131 Å². The fourth-order valence-electron chi connectivity index (χ4n) is 4.07. The number of nitrogens with zero attached hydrogens (tertiary/aromatic N) is 5. The number of pyridine rings is 1. The summed E-state index contributed by atoms with van der Waals surface area (Å²) in [4.78, 5) is 9.42. The zero-order chi connectivity index (χ0) is 14.9. The second kappa shape index (κ2) is 5.82. The Morgan fingerprint density at radius 2 is 1.64 bits per heavy atom. The van der Waals surface area contributed by atoms with Crippen LogP contribution in [-0.2, 0) is 20.1 Å². The van der Waals surface area contributed by atoms with E-state index in [4.69, 9.17) is 0 Å². The van der Waals surface area contributed by atoms with Crippen molar-refractivity contribution in [1.29, 1.82) is 0 Å². The minimum Gasteiger partial charge on any atom is -0.294 e. The highest BCUT2D eigenvalue weighted by atomic mass is 15.3. The molecule has 0 aliphatic carbocycles.